The quantitative estimate of drug-likeness (QED) is 0.300. The van der Waals surface area contributed by atoms with Gasteiger partial charge in [-0.25, -0.2) is 13.2 Å². The molecule has 190 valence electrons. The van der Waals surface area contributed by atoms with Crippen molar-refractivity contribution in [2.75, 3.05) is 18.6 Å². The lowest BCUT2D eigenvalue weighted by molar-refractivity contribution is -0.193. The molecule has 4 rings (SSSR count). The van der Waals surface area contributed by atoms with E-state index in [1.807, 2.05) is 0 Å². The van der Waals surface area contributed by atoms with Crippen LogP contribution in [0.2, 0.25) is 0 Å². The summed E-state index contributed by atoms with van der Waals surface area (Å²) in [5, 5.41) is 0. The van der Waals surface area contributed by atoms with Crippen LogP contribution in [-0.2, 0) is 11.3 Å². The largest absolute Gasteiger partial charge is 0.497 e. The third kappa shape index (κ3) is 4.16. The minimum Gasteiger partial charge on any atom is -0.497 e. The molecule has 3 aromatic carbocycles. The Bertz CT molecular complexity index is 1320. The van der Waals surface area contributed by atoms with Crippen molar-refractivity contribution in [3.8, 4) is 28.4 Å². The van der Waals surface area contributed by atoms with Crippen molar-refractivity contribution in [2.24, 2.45) is 0 Å². The van der Waals surface area contributed by atoms with Crippen LogP contribution in [0.4, 0.5) is 36.4 Å². The number of rotatable bonds is 6. The molecule has 0 N–H and O–H groups in total. The van der Waals surface area contributed by atoms with Gasteiger partial charge in [0.2, 0.25) is 11.6 Å². The molecule has 1 aliphatic heterocycles. The van der Waals surface area contributed by atoms with Gasteiger partial charge < -0.3 is 14.2 Å². The van der Waals surface area contributed by atoms with E-state index in [1.54, 1.807) is 0 Å². The summed E-state index contributed by atoms with van der Waals surface area (Å²) in [5.74, 6) is -12.9. The van der Waals surface area contributed by atoms with Gasteiger partial charge in [0.1, 0.15) is 11.6 Å². The van der Waals surface area contributed by atoms with Crippen molar-refractivity contribution in [1.29, 1.82) is 0 Å². The Kier molecular flexibility index (Phi) is 6.46. The summed E-state index contributed by atoms with van der Waals surface area (Å²) >= 11 is 0. The Morgan fingerprint density at radius 1 is 0.944 bits per heavy atom. The smallest absolute Gasteiger partial charge is 0.482 e. The summed E-state index contributed by atoms with van der Waals surface area (Å²) in [6.45, 7) is 0.500. The molecule has 0 unspecified atom stereocenters. The first-order valence-electron chi connectivity index (χ1n) is 10.3. The summed E-state index contributed by atoms with van der Waals surface area (Å²) in [4.78, 5) is 13.0. The van der Waals surface area contributed by atoms with Gasteiger partial charge >= 0.3 is 12.0 Å². The fourth-order valence-electron chi connectivity index (χ4n) is 3.67. The number of hydrogen-bond acceptors (Lipinski definition) is 4. The molecule has 0 aliphatic carbocycles. The van der Waals surface area contributed by atoms with Gasteiger partial charge in [0.15, 0.2) is 23.1 Å². The maximum atomic E-state index is 14.9. The minimum absolute atomic E-state index is 0.326. The number of halogens is 7. The Morgan fingerprint density at radius 3 is 2.11 bits per heavy atom. The van der Waals surface area contributed by atoms with Crippen LogP contribution in [0.1, 0.15) is 12.5 Å². The van der Waals surface area contributed by atoms with Crippen molar-refractivity contribution in [1.82, 2.24) is 0 Å². The average molecular weight is 515 g/mol. The van der Waals surface area contributed by atoms with Gasteiger partial charge in [-0.1, -0.05) is 12.1 Å². The highest BCUT2D eigenvalue weighted by Crippen LogP contribution is 2.45. The lowest BCUT2D eigenvalue weighted by atomic mass is 10.00. The van der Waals surface area contributed by atoms with Crippen molar-refractivity contribution in [2.45, 2.75) is 19.6 Å². The van der Waals surface area contributed by atoms with Crippen LogP contribution in [0.15, 0.2) is 36.4 Å². The van der Waals surface area contributed by atoms with Crippen LogP contribution in [0.3, 0.4) is 0 Å². The molecular weight excluding hydrogens is 499 g/mol. The van der Waals surface area contributed by atoms with Gasteiger partial charge in [-0.3, -0.25) is 9.69 Å². The van der Waals surface area contributed by atoms with E-state index in [-0.39, 0.29) is 6.61 Å². The van der Waals surface area contributed by atoms with Gasteiger partial charge in [-0.15, -0.1) is 0 Å². The van der Waals surface area contributed by atoms with E-state index < -0.39 is 76.0 Å². The molecule has 5 nitrogen and oxygen atoms in total. The standard InChI is InChI=1S/C24H16F7NO4/c1-3-35-22-20(28)18(26)17(19(27)21(22)29)13-8-15-16(9-14(13)25)36-24(30,31)23(33)32(15)10-11-4-6-12(34-2)7-5-11/h4-9H,3,10H2,1-2H3. The highest BCUT2D eigenvalue weighted by molar-refractivity contribution is 6.01. The Labute approximate surface area is 199 Å². The molecule has 0 radical (unpaired) electrons. The molecular formula is C24H16F7NO4. The fourth-order valence-corrected chi connectivity index (χ4v) is 3.67. The van der Waals surface area contributed by atoms with Crippen molar-refractivity contribution >= 4 is 11.6 Å². The zero-order chi connectivity index (χ0) is 26.4. The number of hydrogen-bond donors (Lipinski definition) is 0. The Morgan fingerprint density at radius 2 is 1.56 bits per heavy atom. The molecule has 0 saturated carbocycles. The second-order valence-electron chi connectivity index (χ2n) is 7.55. The van der Waals surface area contributed by atoms with Crippen LogP contribution in [0, 0.1) is 29.1 Å². The highest BCUT2D eigenvalue weighted by atomic mass is 19.3. The van der Waals surface area contributed by atoms with Crippen LogP contribution >= 0.6 is 0 Å². The first-order chi connectivity index (χ1) is 17.0. The highest BCUT2D eigenvalue weighted by Gasteiger charge is 2.51. The molecule has 0 atom stereocenters. The summed E-state index contributed by atoms with van der Waals surface area (Å²) < 4.78 is 116. The number of benzene rings is 3. The van der Waals surface area contributed by atoms with Crippen LogP contribution in [-0.4, -0.2) is 25.7 Å². The van der Waals surface area contributed by atoms with E-state index in [0.717, 1.165) is 0 Å². The third-order valence-electron chi connectivity index (χ3n) is 5.35. The Balaban J connectivity index is 1.88. The van der Waals surface area contributed by atoms with Crippen molar-refractivity contribution in [3.05, 3.63) is 71.0 Å². The fraction of sp³-hybridized carbons (Fsp3) is 0.208. The molecule has 12 heteroatoms. The van der Waals surface area contributed by atoms with Gasteiger partial charge in [-0.2, -0.15) is 17.6 Å². The predicted octanol–water partition coefficient (Wildman–Crippen LogP) is 5.97. The molecule has 0 spiro atoms. The molecule has 0 fully saturated rings. The molecule has 36 heavy (non-hydrogen) atoms. The van der Waals surface area contributed by atoms with Crippen molar-refractivity contribution in [3.63, 3.8) is 0 Å². The number of carbonyl (C=O) groups is 1. The predicted molar refractivity (Wildman–Crippen MR) is 113 cm³/mol. The van der Waals surface area contributed by atoms with Crippen LogP contribution in [0.5, 0.6) is 17.2 Å². The molecule has 0 aromatic heterocycles. The topological polar surface area (TPSA) is 48.0 Å². The summed E-state index contributed by atoms with van der Waals surface area (Å²) in [7, 11) is 1.40. The number of fused-ring (bicyclic) bond motifs is 1. The number of anilines is 1. The number of nitrogens with zero attached hydrogens (tertiary/aromatic N) is 1. The van der Waals surface area contributed by atoms with E-state index in [2.05, 4.69) is 9.47 Å². The second-order valence-corrected chi connectivity index (χ2v) is 7.55. The maximum Gasteiger partial charge on any atom is 0.482 e. The van der Waals surface area contributed by atoms with E-state index in [4.69, 9.17) is 4.74 Å². The summed E-state index contributed by atoms with van der Waals surface area (Å²) in [5.41, 5.74) is -2.67. The normalized spacial score (nSPS) is 14.4. The zero-order valence-electron chi connectivity index (χ0n) is 18.6. The maximum absolute atomic E-state index is 14.9. The second kappa shape index (κ2) is 9.25. The SMILES string of the molecule is CCOc1c(F)c(F)c(-c2cc3c(cc2F)OC(F)(F)C(=O)N3Cc2ccc(OC)cc2)c(F)c1F. The number of methoxy groups -OCH3 is 1. The number of carbonyl (C=O) groups excluding carboxylic acids is 1. The molecule has 3 aromatic rings. The lowest BCUT2D eigenvalue weighted by Gasteiger charge is -2.34. The molecule has 0 saturated heterocycles. The number of alkyl halides is 2. The monoisotopic (exact) mass is 515 g/mol. The Hall–Kier alpha value is -3.96. The molecule has 0 bridgehead atoms. The first kappa shape index (κ1) is 25.1. The summed E-state index contributed by atoms with van der Waals surface area (Å²) in [6.07, 6.45) is -4.39. The average Bonchev–Trinajstić information content (AvgIpc) is 2.84. The number of amides is 1. The molecule has 1 amide bonds. The van der Waals surface area contributed by atoms with Gasteiger partial charge in [0.25, 0.3) is 0 Å². The van der Waals surface area contributed by atoms with Gasteiger partial charge in [0.05, 0.1) is 31.5 Å². The first-order valence-corrected chi connectivity index (χ1v) is 10.3. The molecule has 1 aliphatic rings. The number of ether oxygens (including phenoxy) is 3. The summed E-state index contributed by atoms with van der Waals surface area (Å²) in [6, 6.07) is 6.84. The zero-order valence-corrected chi connectivity index (χ0v) is 18.6. The van der Waals surface area contributed by atoms with Crippen molar-refractivity contribution < 1.29 is 49.7 Å². The van der Waals surface area contributed by atoms with Crippen LogP contribution < -0.4 is 19.1 Å². The van der Waals surface area contributed by atoms with Gasteiger partial charge in [0, 0.05) is 11.6 Å². The van der Waals surface area contributed by atoms with E-state index in [9.17, 15) is 35.5 Å². The van der Waals surface area contributed by atoms with E-state index in [1.165, 1.54) is 38.3 Å². The molecule has 1 heterocycles. The van der Waals surface area contributed by atoms with E-state index >= 15 is 0 Å². The minimum atomic E-state index is -4.39. The third-order valence-corrected chi connectivity index (χ3v) is 5.35. The van der Waals surface area contributed by atoms with Gasteiger partial charge in [-0.05, 0) is 30.7 Å². The van der Waals surface area contributed by atoms with E-state index in [0.29, 0.717) is 28.3 Å². The lowest BCUT2D eigenvalue weighted by Crippen LogP contribution is -2.50. The van der Waals surface area contributed by atoms with Crippen LogP contribution in [0.25, 0.3) is 11.1 Å².